The molecule has 188 valence electrons. The van der Waals surface area contributed by atoms with Crippen molar-refractivity contribution in [3.05, 3.63) is 142 Å². The maximum absolute atomic E-state index is 3.60. The number of benzene rings is 5. The van der Waals surface area contributed by atoms with Crippen LogP contribution in [0.25, 0.3) is 41.4 Å². The zero-order valence-corrected chi connectivity index (χ0v) is 23.8. The fourth-order valence-electron chi connectivity index (χ4n) is 4.99. The van der Waals surface area contributed by atoms with E-state index >= 15 is 0 Å². The highest BCUT2D eigenvalue weighted by Gasteiger charge is 2.12. The lowest BCUT2D eigenvalue weighted by atomic mass is 9.99. The predicted molar refractivity (Wildman–Crippen MR) is 174 cm³/mol. The molecule has 0 saturated heterocycles. The minimum absolute atomic E-state index is 1.01. The van der Waals surface area contributed by atoms with Crippen LogP contribution >= 0.6 is 22.7 Å². The third-order valence-corrected chi connectivity index (χ3v) is 9.46. The van der Waals surface area contributed by atoms with Crippen LogP contribution in [0, 0.1) is 37.5 Å². The number of hydrogen-bond acceptors (Lipinski definition) is 2. The van der Waals surface area contributed by atoms with Crippen molar-refractivity contribution < 1.29 is 0 Å². The third kappa shape index (κ3) is 4.59. The molecule has 0 aliphatic heterocycles. The summed E-state index contributed by atoms with van der Waals surface area (Å²) in [6.07, 6.45) is 0. The standard InChI is InChI=1S/C38H24S2/c1-25-11-15-27(16-12-25)17-21-33-31-7-3-5-9-35(31)39-37(33)22-20-29-23-30(28-18-13-26(2)14-19-28)24-34-32-8-4-6-10-36(32)40-38(29)34/h3-16,18-19,23-24H,1-2H3. The van der Waals surface area contributed by atoms with Crippen LogP contribution in [0.4, 0.5) is 0 Å². The van der Waals surface area contributed by atoms with Crippen LogP contribution in [0.5, 0.6) is 0 Å². The van der Waals surface area contributed by atoms with E-state index in [1.54, 1.807) is 11.3 Å². The van der Waals surface area contributed by atoms with Gasteiger partial charge in [-0.2, -0.15) is 0 Å². The third-order valence-electron chi connectivity index (χ3n) is 7.15. The summed E-state index contributed by atoms with van der Waals surface area (Å²) in [5, 5.41) is 3.71. The van der Waals surface area contributed by atoms with E-state index in [2.05, 4.69) is 147 Å². The summed E-state index contributed by atoms with van der Waals surface area (Å²) in [6, 6.07) is 38.8. The highest BCUT2D eigenvalue weighted by Crippen LogP contribution is 2.39. The van der Waals surface area contributed by atoms with Gasteiger partial charge < -0.3 is 0 Å². The van der Waals surface area contributed by atoms with Gasteiger partial charge in [-0.1, -0.05) is 102 Å². The van der Waals surface area contributed by atoms with Gasteiger partial charge in [-0.15, -0.1) is 22.7 Å². The maximum atomic E-state index is 3.60. The maximum Gasteiger partial charge on any atom is 0.0941 e. The Morgan fingerprint density at radius 1 is 0.500 bits per heavy atom. The molecule has 2 heteroatoms. The normalized spacial score (nSPS) is 10.8. The minimum Gasteiger partial charge on any atom is -0.134 e. The molecule has 0 spiro atoms. The van der Waals surface area contributed by atoms with E-state index in [-0.39, 0.29) is 0 Å². The highest BCUT2D eigenvalue weighted by atomic mass is 32.1. The Morgan fingerprint density at radius 2 is 1.15 bits per heavy atom. The molecule has 0 atom stereocenters. The molecule has 5 aromatic carbocycles. The molecule has 0 bridgehead atoms. The molecule has 7 rings (SSSR count). The van der Waals surface area contributed by atoms with Crippen LogP contribution in [0.15, 0.2) is 109 Å². The van der Waals surface area contributed by atoms with Crippen LogP contribution in [-0.4, -0.2) is 0 Å². The van der Waals surface area contributed by atoms with Gasteiger partial charge in [-0.25, -0.2) is 0 Å². The van der Waals surface area contributed by atoms with E-state index in [1.165, 1.54) is 47.1 Å². The second kappa shape index (κ2) is 10.2. The first-order valence-electron chi connectivity index (χ1n) is 13.3. The lowest BCUT2D eigenvalue weighted by Crippen LogP contribution is -1.84. The van der Waals surface area contributed by atoms with Gasteiger partial charge in [0.2, 0.25) is 0 Å². The van der Waals surface area contributed by atoms with E-state index in [0.29, 0.717) is 0 Å². The molecule has 0 unspecified atom stereocenters. The summed E-state index contributed by atoms with van der Waals surface area (Å²) in [6.45, 7) is 4.22. The first kappa shape index (κ1) is 24.4. The monoisotopic (exact) mass is 544 g/mol. The first-order valence-corrected chi connectivity index (χ1v) is 14.9. The molecular weight excluding hydrogens is 521 g/mol. The quantitative estimate of drug-likeness (QED) is 0.180. The van der Waals surface area contributed by atoms with Crippen molar-refractivity contribution in [2.24, 2.45) is 0 Å². The van der Waals surface area contributed by atoms with Gasteiger partial charge in [-0.05, 0) is 67.3 Å². The molecule has 0 radical (unpaired) electrons. The minimum atomic E-state index is 1.01. The molecule has 0 aliphatic rings. The Hall–Kier alpha value is -4.60. The summed E-state index contributed by atoms with van der Waals surface area (Å²) in [7, 11) is 0. The zero-order valence-electron chi connectivity index (χ0n) is 22.2. The van der Waals surface area contributed by atoms with Gasteiger partial charge in [-0.3, -0.25) is 0 Å². The molecule has 7 aromatic rings. The predicted octanol–water partition coefficient (Wildman–Crippen LogP) is 10.4. The SMILES string of the molecule is Cc1ccc(C#Cc2c(C#Cc3cc(-c4ccc(C)cc4)cc4c3sc3ccccc34)sc3ccccc23)cc1. The second-order valence-corrected chi connectivity index (χ2v) is 12.1. The van der Waals surface area contributed by atoms with Crippen molar-refractivity contribution in [3.8, 4) is 34.8 Å². The van der Waals surface area contributed by atoms with Gasteiger partial charge in [0.25, 0.3) is 0 Å². The average molecular weight is 545 g/mol. The van der Waals surface area contributed by atoms with Crippen molar-refractivity contribution in [3.63, 3.8) is 0 Å². The van der Waals surface area contributed by atoms with Crippen LogP contribution in [0.2, 0.25) is 0 Å². The van der Waals surface area contributed by atoms with Crippen molar-refractivity contribution >= 4 is 52.9 Å². The summed E-state index contributed by atoms with van der Waals surface area (Å²) in [5.41, 5.74) is 7.97. The van der Waals surface area contributed by atoms with Gasteiger partial charge in [0.15, 0.2) is 0 Å². The molecule has 0 nitrogen and oxygen atoms in total. The van der Waals surface area contributed by atoms with Crippen LogP contribution in [0.3, 0.4) is 0 Å². The topological polar surface area (TPSA) is 0 Å². The van der Waals surface area contributed by atoms with Crippen molar-refractivity contribution in [1.29, 1.82) is 0 Å². The highest BCUT2D eigenvalue weighted by molar-refractivity contribution is 7.26. The first-order chi connectivity index (χ1) is 19.6. The Bertz CT molecular complexity index is 2160. The van der Waals surface area contributed by atoms with Gasteiger partial charge in [0.05, 0.1) is 15.1 Å². The van der Waals surface area contributed by atoms with Crippen molar-refractivity contribution in [1.82, 2.24) is 0 Å². The van der Waals surface area contributed by atoms with E-state index in [9.17, 15) is 0 Å². The Labute approximate surface area is 242 Å². The van der Waals surface area contributed by atoms with Gasteiger partial charge in [0.1, 0.15) is 0 Å². The summed E-state index contributed by atoms with van der Waals surface area (Å²) >= 11 is 3.54. The summed E-state index contributed by atoms with van der Waals surface area (Å²) in [4.78, 5) is 1.01. The molecule has 0 saturated carbocycles. The Kier molecular flexibility index (Phi) is 6.22. The summed E-state index contributed by atoms with van der Waals surface area (Å²) in [5.74, 6) is 14.0. The fourth-order valence-corrected chi connectivity index (χ4v) is 7.15. The van der Waals surface area contributed by atoms with Crippen molar-refractivity contribution in [2.45, 2.75) is 13.8 Å². The number of aryl methyl sites for hydroxylation is 2. The van der Waals surface area contributed by atoms with E-state index in [0.717, 1.165) is 27.0 Å². The molecular formula is C38H24S2. The smallest absolute Gasteiger partial charge is 0.0941 e. The lowest BCUT2D eigenvalue weighted by Gasteiger charge is -2.05. The van der Waals surface area contributed by atoms with Crippen LogP contribution < -0.4 is 0 Å². The van der Waals surface area contributed by atoms with E-state index < -0.39 is 0 Å². The second-order valence-electron chi connectivity index (χ2n) is 10.0. The van der Waals surface area contributed by atoms with Crippen LogP contribution in [0.1, 0.15) is 32.7 Å². The number of hydrogen-bond donors (Lipinski definition) is 0. The van der Waals surface area contributed by atoms with Crippen LogP contribution in [-0.2, 0) is 0 Å². The van der Waals surface area contributed by atoms with E-state index in [1.807, 2.05) is 11.3 Å². The molecule has 2 heterocycles. The number of fused-ring (bicyclic) bond motifs is 4. The van der Waals surface area contributed by atoms with Gasteiger partial charge in [0, 0.05) is 36.7 Å². The number of rotatable bonds is 1. The Morgan fingerprint density at radius 3 is 1.90 bits per heavy atom. The number of thiophene rings is 2. The molecule has 0 aliphatic carbocycles. The van der Waals surface area contributed by atoms with E-state index in [4.69, 9.17) is 0 Å². The molecule has 0 N–H and O–H groups in total. The average Bonchev–Trinajstić information content (AvgIpc) is 3.54. The zero-order chi connectivity index (χ0) is 27.1. The molecule has 0 fully saturated rings. The largest absolute Gasteiger partial charge is 0.134 e. The molecule has 0 amide bonds. The molecule has 2 aromatic heterocycles. The Balaban J connectivity index is 1.41. The summed E-state index contributed by atoms with van der Waals surface area (Å²) < 4.78 is 3.73. The lowest BCUT2D eigenvalue weighted by molar-refractivity contribution is 1.46. The van der Waals surface area contributed by atoms with Crippen molar-refractivity contribution in [2.75, 3.05) is 0 Å². The van der Waals surface area contributed by atoms with Gasteiger partial charge >= 0.3 is 0 Å². The fraction of sp³-hybridized carbons (Fsp3) is 0.0526. The molecule has 40 heavy (non-hydrogen) atoms.